The summed E-state index contributed by atoms with van der Waals surface area (Å²) in [6.07, 6.45) is 3.00. The number of nitrogen functional groups attached to an aromatic ring is 2. The molecule has 5 N–H and O–H groups in total. The summed E-state index contributed by atoms with van der Waals surface area (Å²) in [5.41, 5.74) is 13.3. The van der Waals surface area contributed by atoms with E-state index in [0.717, 1.165) is 21.1 Å². The number of hydrogen-bond donors (Lipinski definition) is 3. The fraction of sp³-hybridized carbons (Fsp3) is 0.294. The highest BCUT2D eigenvalue weighted by atomic mass is 32.2. The molecular formula is C17H21N7O4S2. The Kier molecular flexibility index (Phi) is 4.73. The van der Waals surface area contributed by atoms with Gasteiger partial charge in [-0.3, -0.25) is 0 Å². The van der Waals surface area contributed by atoms with Crippen LogP contribution >= 0.6 is 0 Å². The van der Waals surface area contributed by atoms with Crippen LogP contribution in [0.15, 0.2) is 35.4 Å². The van der Waals surface area contributed by atoms with Gasteiger partial charge in [0.2, 0.25) is 16.0 Å². The highest BCUT2D eigenvalue weighted by Crippen LogP contribution is 2.30. The van der Waals surface area contributed by atoms with E-state index in [1.54, 1.807) is 18.2 Å². The molecule has 0 unspecified atom stereocenters. The smallest absolute Gasteiger partial charge is 0.310 e. The number of imidazole rings is 1. The van der Waals surface area contributed by atoms with Gasteiger partial charge in [-0.05, 0) is 36.6 Å². The summed E-state index contributed by atoms with van der Waals surface area (Å²) < 4.78 is 55.1. The number of benzene rings is 1. The van der Waals surface area contributed by atoms with Gasteiger partial charge in [0.05, 0.1) is 11.0 Å². The van der Waals surface area contributed by atoms with Crippen LogP contribution in [0.25, 0.3) is 22.2 Å². The Morgan fingerprint density at radius 2 is 1.80 bits per heavy atom. The van der Waals surface area contributed by atoms with Crippen molar-refractivity contribution in [3.8, 4) is 11.1 Å². The molecule has 11 nitrogen and oxygen atoms in total. The quantitative estimate of drug-likeness (QED) is 0.483. The number of sulfonamides is 1. The Bertz CT molecular complexity index is 1360. The molecule has 1 aromatic carbocycles. The first-order chi connectivity index (χ1) is 14.0. The fourth-order valence-corrected chi connectivity index (χ4v) is 5.38. The Hall–Kier alpha value is -2.74. The van der Waals surface area contributed by atoms with Crippen molar-refractivity contribution in [2.24, 2.45) is 0 Å². The Balaban J connectivity index is 1.85. The van der Waals surface area contributed by atoms with Gasteiger partial charge in [0, 0.05) is 31.9 Å². The van der Waals surface area contributed by atoms with Crippen molar-refractivity contribution in [3.63, 3.8) is 0 Å². The van der Waals surface area contributed by atoms with Gasteiger partial charge in [-0.15, -0.1) is 0 Å². The Morgan fingerprint density at radius 3 is 2.43 bits per heavy atom. The first-order valence-electron chi connectivity index (χ1n) is 9.00. The maximum absolute atomic E-state index is 12.7. The van der Waals surface area contributed by atoms with E-state index in [1.807, 2.05) is 0 Å². The maximum Gasteiger partial charge on any atom is 0.310 e. The minimum atomic E-state index is -3.91. The molecule has 0 aliphatic heterocycles. The van der Waals surface area contributed by atoms with Gasteiger partial charge < -0.3 is 11.5 Å². The van der Waals surface area contributed by atoms with Crippen molar-refractivity contribution >= 4 is 43.0 Å². The van der Waals surface area contributed by atoms with Crippen molar-refractivity contribution in [3.05, 3.63) is 30.5 Å². The van der Waals surface area contributed by atoms with Crippen molar-refractivity contribution in [2.75, 3.05) is 25.6 Å². The van der Waals surface area contributed by atoms with E-state index in [4.69, 9.17) is 11.5 Å². The molecular weight excluding hydrogens is 430 g/mol. The maximum atomic E-state index is 12.7. The Labute approximate surface area is 173 Å². The number of nitrogens with zero attached hydrogens (tertiary/aromatic N) is 4. The molecule has 2 aromatic heterocycles. The molecule has 0 bridgehead atoms. The third-order valence-electron chi connectivity index (χ3n) is 4.73. The molecule has 13 heteroatoms. The monoisotopic (exact) mass is 451 g/mol. The minimum Gasteiger partial charge on any atom is -0.383 e. The SMILES string of the molecule is CN(C)S(=O)(=O)n1c(N)nc2ccc(-c3cnc(N)c(S(=O)(=O)NC4CC4)c3)cc21. The van der Waals surface area contributed by atoms with Crippen LogP contribution in [-0.2, 0) is 20.2 Å². The molecule has 0 spiro atoms. The van der Waals surface area contributed by atoms with E-state index in [0.29, 0.717) is 16.6 Å². The van der Waals surface area contributed by atoms with Crippen molar-refractivity contribution in [1.82, 2.24) is 23.0 Å². The lowest BCUT2D eigenvalue weighted by Gasteiger charge is -2.14. The average Bonchev–Trinajstić information content (AvgIpc) is 3.39. The summed E-state index contributed by atoms with van der Waals surface area (Å²) in [4.78, 5) is 8.00. The van der Waals surface area contributed by atoms with E-state index >= 15 is 0 Å². The van der Waals surface area contributed by atoms with Gasteiger partial charge in [0.1, 0.15) is 10.7 Å². The van der Waals surface area contributed by atoms with Gasteiger partial charge >= 0.3 is 10.2 Å². The molecule has 0 amide bonds. The van der Waals surface area contributed by atoms with Crippen LogP contribution in [0.2, 0.25) is 0 Å². The fourth-order valence-electron chi connectivity index (χ4n) is 2.97. The van der Waals surface area contributed by atoms with Crippen molar-refractivity contribution in [1.29, 1.82) is 0 Å². The van der Waals surface area contributed by atoms with Crippen LogP contribution in [0, 0.1) is 0 Å². The zero-order chi connectivity index (χ0) is 21.8. The lowest BCUT2D eigenvalue weighted by molar-refractivity contribution is 0.513. The minimum absolute atomic E-state index is 0.0806. The predicted octanol–water partition coefficient (Wildman–Crippen LogP) is 0.358. The molecule has 0 atom stereocenters. The van der Waals surface area contributed by atoms with Crippen LogP contribution in [0.1, 0.15) is 12.8 Å². The van der Waals surface area contributed by atoms with Gasteiger partial charge in [-0.25, -0.2) is 23.1 Å². The number of pyridine rings is 1. The molecule has 1 saturated carbocycles. The van der Waals surface area contributed by atoms with Crippen LogP contribution in [-0.4, -0.2) is 55.2 Å². The zero-order valence-corrected chi connectivity index (χ0v) is 17.9. The van der Waals surface area contributed by atoms with Crippen molar-refractivity contribution < 1.29 is 16.8 Å². The van der Waals surface area contributed by atoms with Crippen LogP contribution in [0.4, 0.5) is 11.8 Å². The first kappa shape index (κ1) is 20.5. The number of hydrogen-bond acceptors (Lipinski definition) is 8. The summed E-state index contributed by atoms with van der Waals surface area (Å²) in [5, 5.41) is 0. The second-order valence-corrected chi connectivity index (χ2v) is 10.9. The van der Waals surface area contributed by atoms with Gasteiger partial charge in [0.25, 0.3) is 0 Å². The van der Waals surface area contributed by atoms with Crippen LogP contribution in [0.5, 0.6) is 0 Å². The van der Waals surface area contributed by atoms with E-state index in [1.165, 1.54) is 26.4 Å². The highest BCUT2D eigenvalue weighted by Gasteiger charge is 2.30. The second kappa shape index (κ2) is 6.91. The molecule has 4 rings (SSSR count). The molecule has 160 valence electrons. The Morgan fingerprint density at radius 1 is 1.10 bits per heavy atom. The molecule has 2 heterocycles. The summed E-state index contributed by atoms with van der Waals surface area (Å²) >= 11 is 0. The molecule has 1 fully saturated rings. The van der Waals surface area contributed by atoms with E-state index < -0.39 is 20.2 Å². The van der Waals surface area contributed by atoms with Crippen molar-refractivity contribution in [2.45, 2.75) is 23.8 Å². The molecule has 0 saturated heterocycles. The van der Waals surface area contributed by atoms with E-state index in [9.17, 15) is 16.8 Å². The molecule has 1 aliphatic rings. The number of nitrogens with one attached hydrogen (secondary N) is 1. The summed E-state index contributed by atoms with van der Waals surface area (Å²) in [5.74, 6) is -0.291. The van der Waals surface area contributed by atoms with Crippen LogP contribution in [0.3, 0.4) is 0 Å². The predicted molar refractivity (Wildman–Crippen MR) is 113 cm³/mol. The number of fused-ring (bicyclic) bond motifs is 1. The number of rotatable bonds is 6. The molecule has 1 aliphatic carbocycles. The van der Waals surface area contributed by atoms with Gasteiger partial charge in [-0.1, -0.05) is 6.07 Å². The lowest BCUT2D eigenvalue weighted by Crippen LogP contribution is -2.29. The summed E-state index contributed by atoms with van der Waals surface area (Å²) in [6, 6.07) is 6.19. The second-order valence-electron chi connectivity index (χ2n) is 7.23. The summed E-state index contributed by atoms with van der Waals surface area (Å²) in [6.45, 7) is 0. The van der Waals surface area contributed by atoms with Gasteiger partial charge in [-0.2, -0.15) is 16.7 Å². The lowest BCUT2D eigenvalue weighted by atomic mass is 10.1. The van der Waals surface area contributed by atoms with E-state index in [2.05, 4.69) is 14.7 Å². The standard InChI is InChI=1S/C17H21N7O4S2/c1-23(2)30(27,28)24-14-7-10(3-6-13(14)21-17(24)19)11-8-15(16(18)20-9-11)29(25,26)22-12-4-5-12/h3,6-9,12,22H,4-5H2,1-2H3,(H2,18,20)(H2,19,21). The third-order valence-corrected chi connectivity index (χ3v) is 8.05. The molecule has 30 heavy (non-hydrogen) atoms. The normalized spacial score (nSPS) is 15.2. The zero-order valence-electron chi connectivity index (χ0n) is 16.3. The molecule has 3 aromatic rings. The third kappa shape index (κ3) is 3.49. The summed E-state index contributed by atoms with van der Waals surface area (Å²) in [7, 11) is -4.96. The first-order valence-corrected chi connectivity index (χ1v) is 11.9. The number of aromatic nitrogens is 3. The largest absolute Gasteiger partial charge is 0.383 e. The highest BCUT2D eigenvalue weighted by molar-refractivity contribution is 7.89. The topological polar surface area (TPSA) is 166 Å². The average molecular weight is 452 g/mol. The van der Waals surface area contributed by atoms with Crippen LogP contribution < -0.4 is 16.2 Å². The number of anilines is 2. The number of nitrogens with two attached hydrogens (primary N) is 2. The molecule has 0 radical (unpaired) electrons. The van der Waals surface area contributed by atoms with E-state index in [-0.39, 0.29) is 28.2 Å². The van der Waals surface area contributed by atoms with Gasteiger partial charge in [0.15, 0.2) is 0 Å².